The summed E-state index contributed by atoms with van der Waals surface area (Å²) >= 11 is 1.09. The third-order valence-corrected chi connectivity index (χ3v) is 4.82. The van der Waals surface area contributed by atoms with Gasteiger partial charge in [-0.25, -0.2) is 4.79 Å². The first kappa shape index (κ1) is 15.5. The lowest BCUT2D eigenvalue weighted by atomic mass is 10.1. The number of hydrogen-bond donors (Lipinski definition) is 1. The van der Waals surface area contributed by atoms with E-state index in [9.17, 15) is 9.59 Å². The molecule has 0 saturated heterocycles. The molecule has 0 unspecified atom stereocenters. The van der Waals surface area contributed by atoms with Crippen molar-refractivity contribution in [3.8, 4) is 11.4 Å². The van der Waals surface area contributed by atoms with Gasteiger partial charge in [-0.2, -0.15) is 4.37 Å². The zero-order chi connectivity index (χ0) is 17.2. The highest BCUT2D eigenvalue weighted by Crippen LogP contribution is 2.24. The maximum atomic E-state index is 12.7. The standard InChI is InChI=1S/C18H14N4O2S/c23-17-16-15(14(21-25-16)13-8-4-5-10-19-13)20-18(24)22(17)11-9-12-6-2-1-3-7-12/h1-8,10H,9,11H2,(H,20,24). The molecule has 0 radical (unpaired) electrons. The zero-order valence-corrected chi connectivity index (χ0v) is 14.0. The third kappa shape index (κ3) is 2.89. The second kappa shape index (κ2) is 6.45. The van der Waals surface area contributed by atoms with Crippen LogP contribution in [0.25, 0.3) is 21.6 Å². The Bertz CT molecular complexity index is 1130. The van der Waals surface area contributed by atoms with Crippen molar-refractivity contribution in [2.24, 2.45) is 0 Å². The average Bonchev–Trinajstić information content (AvgIpc) is 3.07. The van der Waals surface area contributed by atoms with E-state index in [4.69, 9.17) is 0 Å². The number of aromatic amines is 1. The van der Waals surface area contributed by atoms with Gasteiger partial charge in [-0.05, 0) is 35.6 Å². The smallest absolute Gasteiger partial charge is 0.304 e. The molecule has 0 amide bonds. The summed E-state index contributed by atoms with van der Waals surface area (Å²) in [6.45, 7) is 0.324. The van der Waals surface area contributed by atoms with Crippen LogP contribution in [0.15, 0.2) is 64.3 Å². The van der Waals surface area contributed by atoms with Gasteiger partial charge in [0.05, 0.1) is 11.2 Å². The molecule has 25 heavy (non-hydrogen) atoms. The fourth-order valence-electron chi connectivity index (χ4n) is 2.71. The molecule has 0 fully saturated rings. The highest BCUT2D eigenvalue weighted by molar-refractivity contribution is 7.13. The van der Waals surface area contributed by atoms with Crippen LogP contribution in [0.1, 0.15) is 5.56 Å². The maximum Gasteiger partial charge on any atom is 0.328 e. The van der Waals surface area contributed by atoms with E-state index in [2.05, 4.69) is 14.3 Å². The zero-order valence-electron chi connectivity index (χ0n) is 13.2. The molecule has 1 N–H and O–H groups in total. The van der Waals surface area contributed by atoms with Crippen molar-refractivity contribution in [2.75, 3.05) is 0 Å². The van der Waals surface area contributed by atoms with Crippen LogP contribution in [0.5, 0.6) is 0 Å². The van der Waals surface area contributed by atoms with Crippen molar-refractivity contribution < 1.29 is 0 Å². The average molecular weight is 350 g/mol. The Morgan fingerprint density at radius 2 is 1.84 bits per heavy atom. The van der Waals surface area contributed by atoms with Gasteiger partial charge in [0.1, 0.15) is 10.4 Å². The molecule has 124 valence electrons. The van der Waals surface area contributed by atoms with E-state index >= 15 is 0 Å². The molecule has 0 aliphatic heterocycles. The van der Waals surface area contributed by atoms with Gasteiger partial charge in [0.25, 0.3) is 5.56 Å². The van der Waals surface area contributed by atoms with Crippen LogP contribution in [0.2, 0.25) is 0 Å². The fraction of sp³-hybridized carbons (Fsp3) is 0.111. The normalized spacial score (nSPS) is 11.0. The number of hydrogen-bond acceptors (Lipinski definition) is 5. The maximum absolute atomic E-state index is 12.7. The summed E-state index contributed by atoms with van der Waals surface area (Å²) in [6.07, 6.45) is 2.26. The predicted molar refractivity (Wildman–Crippen MR) is 97.9 cm³/mol. The summed E-state index contributed by atoms with van der Waals surface area (Å²) in [7, 11) is 0. The van der Waals surface area contributed by atoms with Crippen LogP contribution in [0, 0.1) is 0 Å². The second-order valence-electron chi connectivity index (χ2n) is 5.57. The summed E-state index contributed by atoms with van der Waals surface area (Å²) in [5.74, 6) is 0. The molecule has 3 aromatic heterocycles. The van der Waals surface area contributed by atoms with Gasteiger partial charge in [0, 0.05) is 12.7 Å². The Hall–Kier alpha value is -3.06. The number of rotatable bonds is 4. The van der Waals surface area contributed by atoms with Crippen molar-refractivity contribution in [3.63, 3.8) is 0 Å². The summed E-state index contributed by atoms with van der Waals surface area (Å²) in [6, 6.07) is 15.2. The molecule has 0 aliphatic carbocycles. The van der Waals surface area contributed by atoms with Crippen molar-refractivity contribution in [3.05, 3.63) is 81.1 Å². The Balaban J connectivity index is 1.76. The number of aryl methyl sites for hydroxylation is 1. The Morgan fingerprint density at radius 3 is 2.60 bits per heavy atom. The molecular weight excluding hydrogens is 336 g/mol. The molecule has 0 bridgehead atoms. The molecule has 6 nitrogen and oxygen atoms in total. The molecule has 7 heteroatoms. The predicted octanol–water partition coefficient (Wildman–Crippen LogP) is 2.45. The number of aromatic nitrogens is 4. The summed E-state index contributed by atoms with van der Waals surface area (Å²) in [5, 5.41) is 0. The first-order chi connectivity index (χ1) is 12.2. The monoisotopic (exact) mass is 350 g/mol. The van der Waals surface area contributed by atoms with Gasteiger partial charge in [-0.15, -0.1) is 0 Å². The van der Waals surface area contributed by atoms with Gasteiger partial charge in [0.2, 0.25) is 0 Å². The first-order valence-corrected chi connectivity index (χ1v) is 8.59. The van der Waals surface area contributed by atoms with Gasteiger partial charge in [-0.1, -0.05) is 36.4 Å². The largest absolute Gasteiger partial charge is 0.328 e. The lowest BCUT2D eigenvalue weighted by molar-refractivity contribution is 0.637. The van der Waals surface area contributed by atoms with Crippen LogP contribution in [0.3, 0.4) is 0 Å². The number of benzene rings is 1. The number of H-pyrrole nitrogens is 1. The number of pyridine rings is 1. The number of nitrogens with zero attached hydrogens (tertiary/aromatic N) is 3. The van der Waals surface area contributed by atoms with E-state index in [1.54, 1.807) is 18.3 Å². The lowest BCUT2D eigenvalue weighted by Crippen LogP contribution is -2.35. The highest BCUT2D eigenvalue weighted by Gasteiger charge is 2.16. The van der Waals surface area contributed by atoms with E-state index in [0.717, 1.165) is 17.1 Å². The SMILES string of the molecule is O=c1[nH]c2c(-c3ccccn3)nsc2c(=O)n1CCc1ccccc1. The second-order valence-corrected chi connectivity index (χ2v) is 6.35. The van der Waals surface area contributed by atoms with E-state index in [1.807, 2.05) is 36.4 Å². The van der Waals surface area contributed by atoms with E-state index in [0.29, 0.717) is 34.6 Å². The Morgan fingerprint density at radius 1 is 1.04 bits per heavy atom. The fourth-order valence-corrected chi connectivity index (χ4v) is 3.50. The Kier molecular flexibility index (Phi) is 3.99. The first-order valence-electron chi connectivity index (χ1n) is 7.82. The molecule has 0 atom stereocenters. The molecule has 3 heterocycles. The molecular formula is C18H14N4O2S. The molecule has 0 aliphatic rings. The minimum Gasteiger partial charge on any atom is -0.304 e. The van der Waals surface area contributed by atoms with E-state index in [-0.39, 0.29) is 5.56 Å². The summed E-state index contributed by atoms with van der Waals surface area (Å²) in [4.78, 5) is 32.2. The van der Waals surface area contributed by atoms with Crippen molar-refractivity contribution in [1.82, 2.24) is 18.9 Å². The topological polar surface area (TPSA) is 80.6 Å². The van der Waals surface area contributed by atoms with E-state index in [1.165, 1.54) is 4.57 Å². The van der Waals surface area contributed by atoms with Crippen LogP contribution < -0.4 is 11.2 Å². The molecule has 0 saturated carbocycles. The van der Waals surface area contributed by atoms with Gasteiger partial charge in [0.15, 0.2) is 0 Å². The molecule has 0 spiro atoms. The third-order valence-electron chi connectivity index (χ3n) is 3.98. The van der Waals surface area contributed by atoms with Gasteiger partial charge < -0.3 is 4.98 Å². The minimum atomic E-state index is -0.425. The molecule has 1 aromatic carbocycles. The summed E-state index contributed by atoms with van der Waals surface area (Å²) in [5.41, 5.74) is 1.96. The van der Waals surface area contributed by atoms with Crippen LogP contribution in [-0.4, -0.2) is 18.9 Å². The van der Waals surface area contributed by atoms with Crippen molar-refractivity contribution >= 4 is 21.7 Å². The number of nitrogens with one attached hydrogen (secondary N) is 1. The summed E-state index contributed by atoms with van der Waals surface area (Å²) < 4.78 is 5.99. The minimum absolute atomic E-state index is 0.311. The quantitative estimate of drug-likeness (QED) is 0.613. The van der Waals surface area contributed by atoms with Gasteiger partial charge in [-0.3, -0.25) is 14.3 Å². The van der Waals surface area contributed by atoms with Gasteiger partial charge >= 0.3 is 5.69 Å². The van der Waals surface area contributed by atoms with E-state index < -0.39 is 5.69 Å². The van der Waals surface area contributed by atoms with Crippen LogP contribution in [0.4, 0.5) is 0 Å². The highest BCUT2D eigenvalue weighted by atomic mass is 32.1. The van der Waals surface area contributed by atoms with Crippen molar-refractivity contribution in [2.45, 2.75) is 13.0 Å². The molecule has 4 aromatic rings. The Labute approximate surface area is 146 Å². The van der Waals surface area contributed by atoms with Crippen LogP contribution in [-0.2, 0) is 13.0 Å². The lowest BCUT2D eigenvalue weighted by Gasteiger charge is -2.05. The molecule has 4 rings (SSSR count). The van der Waals surface area contributed by atoms with Crippen molar-refractivity contribution in [1.29, 1.82) is 0 Å². The number of fused-ring (bicyclic) bond motifs is 1. The van der Waals surface area contributed by atoms with Crippen LogP contribution >= 0.6 is 11.5 Å².